The fourth-order valence-corrected chi connectivity index (χ4v) is 5.84. The highest BCUT2D eigenvalue weighted by Crippen LogP contribution is 2.36. The summed E-state index contributed by atoms with van der Waals surface area (Å²) in [6, 6.07) is 11.5. The Morgan fingerprint density at radius 1 is 0.914 bits per heavy atom. The third kappa shape index (κ3) is 5.39. The van der Waals surface area contributed by atoms with E-state index in [1.807, 2.05) is 0 Å². The summed E-state index contributed by atoms with van der Waals surface area (Å²) in [5, 5.41) is 3.25. The number of carbonyl (C=O) groups excluding carboxylic acids is 2. The Balaban J connectivity index is 1.25. The van der Waals surface area contributed by atoms with E-state index in [4.69, 9.17) is 4.74 Å². The zero-order valence-electron chi connectivity index (χ0n) is 20.3. The molecule has 0 aromatic heterocycles. The number of fused-ring (bicyclic) bond motifs is 1. The summed E-state index contributed by atoms with van der Waals surface area (Å²) in [5.41, 5.74) is 5.23. The van der Waals surface area contributed by atoms with Crippen LogP contribution in [0.4, 0.5) is 5.69 Å². The lowest BCUT2D eigenvalue weighted by Gasteiger charge is -2.37. The number of hydrogen-bond donors (Lipinski definition) is 1. The normalized spacial score (nSPS) is 20.9. The largest absolute Gasteiger partial charge is 0.378 e. The first-order valence-corrected chi connectivity index (χ1v) is 13.3. The summed E-state index contributed by atoms with van der Waals surface area (Å²) in [6.45, 7) is 6.54. The summed E-state index contributed by atoms with van der Waals surface area (Å²) < 4.78 is 6.49. The van der Waals surface area contributed by atoms with Crippen LogP contribution in [0.3, 0.4) is 0 Å². The van der Waals surface area contributed by atoms with Crippen molar-refractivity contribution in [1.82, 2.24) is 15.1 Å². The zero-order chi connectivity index (χ0) is 24.4. The van der Waals surface area contributed by atoms with Gasteiger partial charge in [0, 0.05) is 66.6 Å². The number of ether oxygens (including phenoxy) is 1. The van der Waals surface area contributed by atoms with Crippen LogP contribution in [0.2, 0.25) is 0 Å². The van der Waals surface area contributed by atoms with Crippen LogP contribution in [0.15, 0.2) is 40.9 Å². The summed E-state index contributed by atoms with van der Waals surface area (Å²) in [6.07, 6.45) is 2.68. The van der Waals surface area contributed by atoms with Crippen molar-refractivity contribution in [3.63, 3.8) is 0 Å². The highest BCUT2D eigenvalue weighted by molar-refractivity contribution is 9.10. The van der Waals surface area contributed by atoms with Crippen molar-refractivity contribution in [2.24, 2.45) is 0 Å². The number of anilines is 1. The Kier molecular flexibility index (Phi) is 7.41. The van der Waals surface area contributed by atoms with Gasteiger partial charge in [0.15, 0.2) is 0 Å². The van der Waals surface area contributed by atoms with Gasteiger partial charge in [0.1, 0.15) is 0 Å². The van der Waals surface area contributed by atoms with E-state index < -0.39 is 0 Å². The summed E-state index contributed by atoms with van der Waals surface area (Å²) in [7, 11) is 2.17. The standard InChI is InChI=1S/C27H33BrN4O3/c1-30-10-12-31(13-11-30)25-9-8-24(28)22-7-6-21(18-23(22)25)29-26(33)19-2-4-20(5-3-19)27(34)32-14-16-35-17-15-32/h2-5,8-9,21H,6-7,10-18H2,1H3,(H,29,33)/t21-/m1/s1. The van der Waals surface area contributed by atoms with Gasteiger partial charge in [-0.25, -0.2) is 0 Å². The van der Waals surface area contributed by atoms with E-state index >= 15 is 0 Å². The van der Waals surface area contributed by atoms with Crippen LogP contribution in [0.1, 0.15) is 38.3 Å². The highest BCUT2D eigenvalue weighted by Gasteiger charge is 2.27. The van der Waals surface area contributed by atoms with E-state index in [-0.39, 0.29) is 17.9 Å². The van der Waals surface area contributed by atoms with Crippen LogP contribution in [0, 0.1) is 0 Å². The Labute approximate surface area is 215 Å². The topological polar surface area (TPSA) is 65.1 Å². The molecule has 3 aliphatic rings. The molecule has 8 heteroatoms. The minimum absolute atomic E-state index is 0.00819. The molecule has 2 heterocycles. The quantitative estimate of drug-likeness (QED) is 0.645. The molecule has 0 radical (unpaired) electrons. The van der Waals surface area contributed by atoms with Crippen LogP contribution >= 0.6 is 15.9 Å². The summed E-state index contributed by atoms with van der Waals surface area (Å²) >= 11 is 3.75. The minimum Gasteiger partial charge on any atom is -0.378 e. The first-order valence-electron chi connectivity index (χ1n) is 12.5. The van der Waals surface area contributed by atoms with Crippen molar-refractivity contribution in [3.05, 3.63) is 63.1 Å². The number of nitrogens with one attached hydrogen (secondary N) is 1. The fraction of sp³-hybridized carbons (Fsp3) is 0.481. The molecule has 0 saturated carbocycles. The molecule has 2 aliphatic heterocycles. The van der Waals surface area contributed by atoms with Crippen LogP contribution in [-0.4, -0.2) is 87.2 Å². The Morgan fingerprint density at radius 3 is 2.31 bits per heavy atom. The van der Waals surface area contributed by atoms with E-state index in [2.05, 4.69) is 50.2 Å². The number of carbonyl (C=O) groups is 2. The van der Waals surface area contributed by atoms with E-state index in [1.54, 1.807) is 29.2 Å². The molecule has 5 rings (SSSR count). The van der Waals surface area contributed by atoms with Gasteiger partial charge < -0.3 is 24.8 Å². The average Bonchev–Trinajstić information content (AvgIpc) is 2.90. The van der Waals surface area contributed by atoms with Crippen molar-refractivity contribution in [1.29, 1.82) is 0 Å². The SMILES string of the molecule is CN1CCN(c2ccc(Br)c3c2C[C@H](NC(=O)c2ccc(C(=O)N4CCOCC4)cc2)CC3)CC1. The third-order valence-corrected chi connectivity index (χ3v) is 8.16. The number of hydrogen-bond acceptors (Lipinski definition) is 5. The lowest BCUT2D eigenvalue weighted by molar-refractivity contribution is 0.0303. The number of halogens is 1. The van der Waals surface area contributed by atoms with Crippen molar-refractivity contribution in [2.75, 3.05) is 64.4 Å². The van der Waals surface area contributed by atoms with Gasteiger partial charge in [0.05, 0.1) is 13.2 Å². The zero-order valence-corrected chi connectivity index (χ0v) is 21.8. The number of amides is 2. The summed E-state index contributed by atoms with van der Waals surface area (Å²) in [4.78, 5) is 32.4. The Morgan fingerprint density at radius 2 is 1.60 bits per heavy atom. The van der Waals surface area contributed by atoms with Gasteiger partial charge >= 0.3 is 0 Å². The van der Waals surface area contributed by atoms with Crippen LogP contribution in [-0.2, 0) is 17.6 Å². The molecular formula is C27H33BrN4O3. The molecule has 2 aromatic carbocycles. The number of morpholine rings is 1. The Hall–Kier alpha value is -2.42. The average molecular weight is 541 g/mol. The van der Waals surface area contributed by atoms with E-state index in [9.17, 15) is 9.59 Å². The first-order chi connectivity index (χ1) is 17.0. The lowest BCUT2D eigenvalue weighted by atomic mass is 9.86. The molecule has 7 nitrogen and oxygen atoms in total. The van der Waals surface area contributed by atoms with Gasteiger partial charge in [-0.2, -0.15) is 0 Å². The van der Waals surface area contributed by atoms with E-state index in [0.717, 1.165) is 49.9 Å². The number of rotatable bonds is 4. The molecule has 0 unspecified atom stereocenters. The number of nitrogens with zero attached hydrogens (tertiary/aromatic N) is 3. The molecule has 2 aromatic rings. The monoisotopic (exact) mass is 540 g/mol. The van der Waals surface area contributed by atoms with E-state index in [1.165, 1.54) is 16.8 Å². The van der Waals surface area contributed by atoms with Crippen LogP contribution in [0.5, 0.6) is 0 Å². The molecule has 2 amide bonds. The van der Waals surface area contributed by atoms with Crippen LogP contribution in [0.25, 0.3) is 0 Å². The Bertz CT molecular complexity index is 1080. The molecule has 186 valence electrons. The first kappa shape index (κ1) is 24.3. The summed E-state index contributed by atoms with van der Waals surface area (Å²) in [5.74, 6) is -0.0916. The predicted molar refractivity (Wildman–Crippen MR) is 140 cm³/mol. The maximum atomic E-state index is 13.0. The van der Waals surface area contributed by atoms with Crippen LogP contribution < -0.4 is 10.2 Å². The molecular weight excluding hydrogens is 508 g/mol. The van der Waals surface area contributed by atoms with Crippen molar-refractivity contribution in [3.8, 4) is 0 Å². The van der Waals surface area contributed by atoms with Gasteiger partial charge in [-0.05, 0) is 73.8 Å². The number of likely N-dealkylation sites (N-methyl/N-ethyl adjacent to an activating group) is 1. The smallest absolute Gasteiger partial charge is 0.254 e. The minimum atomic E-state index is -0.0834. The molecule has 1 N–H and O–H groups in total. The second-order valence-electron chi connectivity index (χ2n) is 9.71. The van der Waals surface area contributed by atoms with Crippen molar-refractivity contribution < 1.29 is 14.3 Å². The maximum Gasteiger partial charge on any atom is 0.254 e. The van der Waals surface area contributed by atoms with Crippen molar-refractivity contribution >= 4 is 33.4 Å². The molecule has 35 heavy (non-hydrogen) atoms. The van der Waals surface area contributed by atoms with Gasteiger partial charge in [0.2, 0.25) is 0 Å². The second kappa shape index (κ2) is 10.7. The van der Waals surface area contributed by atoms with E-state index in [0.29, 0.717) is 37.4 Å². The molecule has 1 aliphatic carbocycles. The molecule has 2 saturated heterocycles. The number of benzene rings is 2. The predicted octanol–water partition coefficient (Wildman–Crippen LogP) is 2.96. The van der Waals surface area contributed by atoms with Crippen molar-refractivity contribution in [2.45, 2.75) is 25.3 Å². The number of piperazine rings is 1. The highest BCUT2D eigenvalue weighted by atomic mass is 79.9. The maximum absolute atomic E-state index is 13.0. The molecule has 0 bridgehead atoms. The van der Waals surface area contributed by atoms with Gasteiger partial charge in [-0.3, -0.25) is 9.59 Å². The lowest BCUT2D eigenvalue weighted by Crippen LogP contribution is -2.45. The molecule has 0 spiro atoms. The third-order valence-electron chi connectivity index (χ3n) is 7.41. The van der Waals surface area contributed by atoms with Gasteiger partial charge in [-0.15, -0.1) is 0 Å². The van der Waals surface area contributed by atoms with Gasteiger partial charge in [-0.1, -0.05) is 15.9 Å². The molecule has 1 atom stereocenters. The fourth-order valence-electron chi connectivity index (χ4n) is 5.27. The van der Waals surface area contributed by atoms with Gasteiger partial charge in [0.25, 0.3) is 11.8 Å². The second-order valence-corrected chi connectivity index (χ2v) is 10.6. The molecule has 2 fully saturated rings.